The standard InChI is InChI=1S/C9H16ClNO2/c1-7-2-3-8(12)6-11(7)9(13)4-5-10/h7-8,12H,2-6H2,1H3. The third-order valence-electron chi connectivity index (χ3n) is 2.49. The first-order chi connectivity index (χ1) is 6.15. The molecular formula is C9H16ClNO2. The molecule has 0 bridgehead atoms. The number of likely N-dealkylation sites (tertiary alicyclic amines) is 1. The van der Waals surface area contributed by atoms with Gasteiger partial charge in [0.15, 0.2) is 0 Å². The van der Waals surface area contributed by atoms with Gasteiger partial charge in [0.05, 0.1) is 6.10 Å². The molecule has 1 rings (SSSR count). The average molecular weight is 206 g/mol. The molecular weight excluding hydrogens is 190 g/mol. The Balaban J connectivity index is 2.50. The molecule has 4 heteroatoms. The molecule has 1 amide bonds. The topological polar surface area (TPSA) is 40.5 Å². The number of hydrogen-bond donors (Lipinski definition) is 1. The Morgan fingerprint density at radius 1 is 1.62 bits per heavy atom. The highest BCUT2D eigenvalue weighted by Crippen LogP contribution is 2.17. The van der Waals surface area contributed by atoms with Gasteiger partial charge in [-0.15, -0.1) is 11.6 Å². The zero-order chi connectivity index (χ0) is 9.84. The fraction of sp³-hybridized carbons (Fsp3) is 0.889. The van der Waals surface area contributed by atoms with Gasteiger partial charge in [-0.25, -0.2) is 0 Å². The molecule has 0 aliphatic carbocycles. The fourth-order valence-electron chi connectivity index (χ4n) is 1.66. The Morgan fingerprint density at radius 2 is 2.31 bits per heavy atom. The van der Waals surface area contributed by atoms with Crippen LogP contribution in [0.25, 0.3) is 0 Å². The molecule has 1 aliphatic rings. The molecule has 3 nitrogen and oxygen atoms in total. The third kappa shape index (κ3) is 2.85. The highest BCUT2D eigenvalue weighted by Gasteiger charge is 2.26. The number of carbonyl (C=O) groups is 1. The lowest BCUT2D eigenvalue weighted by atomic mass is 10.0. The summed E-state index contributed by atoms with van der Waals surface area (Å²) in [5.74, 6) is 0.416. The summed E-state index contributed by atoms with van der Waals surface area (Å²) in [5.41, 5.74) is 0. The molecule has 2 atom stereocenters. The number of aliphatic hydroxyl groups is 1. The van der Waals surface area contributed by atoms with Crippen molar-refractivity contribution in [3.05, 3.63) is 0 Å². The van der Waals surface area contributed by atoms with Crippen molar-refractivity contribution in [1.29, 1.82) is 0 Å². The van der Waals surface area contributed by atoms with Crippen LogP contribution in [-0.4, -0.2) is 40.5 Å². The molecule has 76 valence electrons. The van der Waals surface area contributed by atoms with E-state index in [1.807, 2.05) is 6.92 Å². The van der Waals surface area contributed by atoms with Crippen molar-refractivity contribution in [1.82, 2.24) is 4.90 Å². The van der Waals surface area contributed by atoms with Gasteiger partial charge in [-0.05, 0) is 19.8 Å². The van der Waals surface area contributed by atoms with E-state index in [9.17, 15) is 9.90 Å². The van der Waals surface area contributed by atoms with Crippen LogP contribution in [0.3, 0.4) is 0 Å². The smallest absolute Gasteiger partial charge is 0.224 e. The molecule has 1 saturated heterocycles. The van der Waals surface area contributed by atoms with Crippen molar-refractivity contribution >= 4 is 17.5 Å². The number of piperidine rings is 1. The van der Waals surface area contributed by atoms with Crippen LogP contribution in [0.1, 0.15) is 26.2 Å². The van der Waals surface area contributed by atoms with Crippen LogP contribution in [0.4, 0.5) is 0 Å². The van der Waals surface area contributed by atoms with E-state index in [4.69, 9.17) is 11.6 Å². The highest BCUT2D eigenvalue weighted by atomic mass is 35.5. The Kier molecular flexibility index (Phi) is 4.00. The molecule has 1 fully saturated rings. The first kappa shape index (κ1) is 10.8. The van der Waals surface area contributed by atoms with Crippen LogP contribution in [0.15, 0.2) is 0 Å². The Bertz CT molecular complexity index is 186. The molecule has 0 aromatic carbocycles. The summed E-state index contributed by atoms with van der Waals surface area (Å²) in [7, 11) is 0. The molecule has 0 radical (unpaired) electrons. The zero-order valence-corrected chi connectivity index (χ0v) is 8.63. The number of alkyl halides is 1. The second-order valence-corrected chi connectivity index (χ2v) is 3.94. The number of β-amino-alcohol motifs (C(OH)–C–C–N with tert-alkyl or cyclic N) is 1. The second-order valence-electron chi connectivity index (χ2n) is 3.57. The lowest BCUT2D eigenvalue weighted by molar-refractivity contribution is -0.136. The number of amides is 1. The molecule has 2 unspecified atom stereocenters. The van der Waals surface area contributed by atoms with Crippen LogP contribution in [0.5, 0.6) is 0 Å². The quantitative estimate of drug-likeness (QED) is 0.683. The van der Waals surface area contributed by atoms with Crippen LogP contribution < -0.4 is 0 Å². The molecule has 0 spiro atoms. The number of nitrogens with zero attached hydrogens (tertiary/aromatic N) is 1. The molecule has 1 heterocycles. The van der Waals surface area contributed by atoms with Gasteiger partial charge in [-0.1, -0.05) is 0 Å². The summed E-state index contributed by atoms with van der Waals surface area (Å²) in [6.45, 7) is 2.48. The maximum absolute atomic E-state index is 11.5. The lowest BCUT2D eigenvalue weighted by Crippen LogP contribution is -2.47. The van der Waals surface area contributed by atoms with E-state index in [0.717, 1.165) is 12.8 Å². The van der Waals surface area contributed by atoms with Crippen molar-refractivity contribution in [3.8, 4) is 0 Å². The van der Waals surface area contributed by atoms with Gasteiger partial charge in [0.2, 0.25) is 5.91 Å². The third-order valence-corrected chi connectivity index (χ3v) is 2.67. The van der Waals surface area contributed by atoms with E-state index in [-0.39, 0.29) is 18.1 Å². The molecule has 1 N–H and O–H groups in total. The first-order valence-electron chi connectivity index (χ1n) is 4.68. The van der Waals surface area contributed by atoms with Gasteiger partial charge < -0.3 is 10.0 Å². The molecule has 0 aromatic rings. The summed E-state index contributed by atoms with van der Waals surface area (Å²) >= 11 is 5.49. The predicted octanol–water partition coefficient (Wildman–Crippen LogP) is 0.987. The zero-order valence-electron chi connectivity index (χ0n) is 7.87. The molecule has 13 heavy (non-hydrogen) atoms. The minimum Gasteiger partial charge on any atom is -0.391 e. The number of rotatable bonds is 2. The summed E-state index contributed by atoms with van der Waals surface area (Å²) in [5, 5.41) is 9.39. The van der Waals surface area contributed by atoms with Crippen LogP contribution in [-0.2, 0) is 4.79 Å². The van der Waals surface area contributed by atoms with Crippen LogP contribution in [0, 0.1) is 0 Å². The minimum atomic E-state index is -0.351. The van der Waals surface area contributed by atoms with E-state index in [0.29, 0.717) is 18.8 Å². The number of halogens is 1. The van der Waals surface area contributed by atoms with Crippen molar-refractivity contribution < 1.29 is 9.90 Å². The van der Waals surface area contributed by atoms with Crippen LogP contribution >= 0.6 is 11.6 Å². The normalized spacial score (nSPS) is 29.0. The van der Waals surface area contributed by atoms with Crippen molar-refractivity contribution in [2.45, 2.75) is 38.3 Å². The molecule has 0 aromatic heterocycles. The summed E-state index contributed by atoms with van der Waals surface area (Å²) < 4.78 is 0. The average Bonchev–Trinajstić information content (AvgIpc) is 2.09. The van der Waals surface area contributed by atoms with E-state index in [1.54, 1.807) is 4.90 Å². The summed E-state index contributed by atoms with van der Waals surface area (Å²) in [6.07, 6.45) is 1.70. The van der Waals surface area contributed by atoms with Gasteiger partial charge in [-0.2, -0.15) is 0 Å². The maximum Gasteiger partial charge on any atom is 0.224 e. The number of hydrogen-bond acceptors (Lipinski definition) is 2. The highest BCUT2D eigenvalue weighted by molar-refractivity contribution is 6.18. The van der Waals surface area contributed by atoms with Crippen molar-refractivity contribution in [2.24, 2.45) is 0 Å². The van der Waals surface area contributed by atoms with Gasteiger partial charge >= 0.3 is 0 Å². The van der Waals surface area contributed by atoms with Gasteiger partial charge in [0, 0.05) is 24.9 Å². The SMILES string of the molecule is CC1CCC(O)CN1C(=O)CCCl. The van der Waals surface area contributed by atoms with E-state index >= 15 is 0 Å². The van der Waals surface area contributed by atoms with E-state index in [1.165, 1.54) is 0 Å². The predicted molar refractivity (Wildman–Crippen MR) is 51.8 cm³/mol. The Labute approximate surface area is 83.7 Å². The monoisotopic (exact) mass is 205 g/mol. The Hall–Kier alpha value is -0.280. The van der Waals surface area contributed by atoms with E-state index < -0.39 is 0 Å². The van der Waals surface area contributed by atoms with Gasteiger partial charge in [0.1, 0.15) is 0 Å². The number of carbonyl (C=O) groups excluding carboxylic acids is 1. The Morgan fingerprint density at radius 3 is 2.92 bits per heavy atom. The maximum atomic E-state index is 11.5. The molecule has 1 aliphatic heterocycles. The largest absolute Gasteiger partial charge is 0.391 e. The lowest BCUT2D eigenvalue weighted by Gasteiger charge is -2.36. The van der Waals surface area contributed by atoms with E-state index in [2.05, 4.69) is 0 Å². The summed E-state index contributed by atoms with van der Waals surface area (Å²) in [4.78, 5) is 13.2. The van der Waals surface area contributed by atoms with Crippen molar-refractivity contribution in [2.75, 3.05) is 12.4 Å². The summed E-state index contributed by atoms with van der Waals surface area (Å²) in [6, 6.07) is 0.249. The fourth-order valence-corrected chi connectivity index (χ4v) is 1.82. The van der Waals surface area contributed by atoms with Gasteiger partial charge in [-0.3, -0.25) is 4.79 Å². The minimum absolute atomic E-state index is 0.0567. The second kappa shape index (κ2) is 4.82. The van der Waals surface area contributed by atoms with Crippen molar-refractivity contribution in [3.63, 3.8) is 0 Å². The van der Waals surface area contributed by atoms with Gasteiger partial charge in [0.25, 0.3) is 0 Å². The molecule has 0 saturated carbocycles. The first-order valence-corrected chi connectivity index (χ1v) is 5.22. The number of aliphatic hydroxyl groups excluding tert-OH is 1. The van der Waals surface area contributed by atoms with Crippen LogP contribution in [0.2, 0.25) is 0 Å².